The summed E-state index contributed by atoms with van der Waals surface area (Å²) < 4.78 is 25.3. The third-order valence-corrected chi connectivity index (χ3v) is 4.29. The molecule has 1 saturated heterocycles. The number of halogens is 1. The quantitative estimate of drug-likeness (QED) is 0.922. The summed E-state index contributed by atoms with van der Waals surface area (Å²) in [6.45, 7) is 1.28. The van der Waals surface area contributed by atoms with E-state index < -0.39 is 10.0 Å². The highest BCUT2D eigenvalue weighted by Crippen LogP contribution is 2.31. The van der Waals surface area contributed by atoms with Crippen molar-refractivity contribution in [3.8, 4) is 6.07 Å². The Hall–Kier alpha value is -1.29. The smallest absolute Gasteiger partial charge is 0.209 e. The van der Waals surface area contributed by atoms with Crippen LogP contribution in [0.4, 0.5) is 5.69 Å². The van der Waals surface area contributed by atoms with E-state index in [4.69, 9.17) is 11.6 Å². The number of hydrogen-bond acceptors (Lipinski definition) is 4. The van der Waals surface area contributed by atoms with Crippen LogP contribution in [0.1, 0.15) is 18.4 Å². The molecule has 2 rings (SSSR count). The molecular formula is C13H16ClN3O2S. The van der Waals surface area contributed by atoms with Gasteiger partial charge >= 0.3 is 0 Å². The summed E-state index contributed by atoms with van der Waals surface area (Å²) in [7, 11) is -3.23. The molecule has 20 heavy (non-hydrogen) atoms. The van der Waals surface area contributed by atoms with Gasteiger partial charge in [0.05, 0.1) is 22.5 Å². The molecule has 1 aromatic rings. The molecule has 1 aliphatic rings. The van der Waals surface area contributed by atoms with E-state index in [1.54, 1.807) is 18.2 Å². The molecule has 108 valence electrons. The Morgan fingerprint density at radius 3 is 2.90 bits per heavy atom. The van der Waals surface area contributed by atoms with Gasteiger partial charge in [-0.1, -0.05) is 17.7 Å². The predicted molar refractivity (Wildman–Crippen MR) is 79.4 cm³/mol. The lowest BCUT2D eigenvalue weighted by molar-refractivity contribution is 0.467. The van der Waals surface area contributed by atoms with Gasteiger partial charge < -0.3 is 4.90 Å². The van der Waals surface area contributed by atoms with Crippen LogP contribution in [0.5, 0.6) is 0 Å². The van der Waals surface area contributed by atoms with Crippen molar-refractivity contribution < 1.29 is 8.42 Å². The average Bonchev–Trinajstić information content (AvgIpc) is 2.36. The van der Waals surface area contributed by atoms with Crippen molar-refractivity contribution in [1.82, 2.24) is 4.72 Å². The van der Waals surface area contributed by atoms with Crippen LogP contribution in [0.25, 0.3) is 0 Å². The van der Waals surface area contributed by atoms with Gasteiger partial charge in [-0.3, -0.25) is 0 Å². The molecule has 0 aliphatic carbocycles. The highest BCUT2D eigenvalue weighted by molar-refractivity contribution is 7.88. The van der Waals surface area contributed by atoms with Gasteiger partial charge in [0.25, 0.3) is 0 Å². The average molecular weight is 314 g/mol. The van der Waals surface area contributed by atoms with Crippen LogP contribution in [0.2, 0.25) is 5.02 Å². The molecule has 7 heteroatoms. The third-order valence-electron chi connectivity index (χ3n) is 3.23. The first-order valence-corrected chi connectivity index (χ1v) is 8.58. The van der Waals surface area contributed by atoms with Crippen LogP contribution in [-0.4, -0.2) is 33.8 Å². The first-order valence-electron chi connectivity index (χ1n) is 6.31. The second-order valence-corrected chi connectivity index (χ2v) is 7.11. The van der Waals surface area contributed by atoms with E-state index in [1.165, 1.54) is 0 Å². The Bertz CT molecular complexity index is 640. The SMILES string of the molecule is CS(=O)(=O)N[C@H]1CCCN(c2c(Cl)cccc2C#N)C1. The van der Waals surface area contributed by atoms with Crippen LogP contribution in [-0.2, 0) is 10.0 Å². The van der Waals surface area contributed by atoms with Gasteiger partial charge in [0.15, 0.2) is 0 Å². The second kappa shape index (κ2) is 6.00. The van der Waals surface area contributed by atoms with Crippen molar-refractivity contribution in [2.24, 2.45) is 0 Å². The number of benzene rings is 1. The van der Waals surface area contributed by atoms with Crippen LogP contribution in [0, 0.1) is 11.3 Å². The standard InChI is InChI=1S/C13H16ClN3O2S/c1-20(18,19)16-11-5-3-7-17(9-11)13-10(8-15)4-2-6-12(13)14/h2,4,6,11,16H,3,5,7,9H2,1H3/t11-/m0/s1. The largest absolute Gasteiger partial charge is 0.368 e. The number of rotatable bonds is 3. The van der Waals surface area contributed by atoms with E-state index in [9.17, 15) is 13.7 Å². The fourth-order valence-electron chi connectivity index (χ4n) is 2.51. The fourth-order valence-corrected chi connectivity index (χ4v) is 3.60. The molecule has 1 atom stereocenters. The molecule has 1 heterocycles. The molecule has 0 unspecified atom stereocenters. The Morgan fingerprint density at radius 2 is 2.25 bits per heavy atom. The maximum Gasteiger partial charge on any atom is 0.209 e. The van der Waals surface area contributed by atoms with E-state index in [0.717, 1.165) is 25.6 Å². The van der Waals surface area contributed by atoms with E-state index in [2.05, 4.69) is 10.8 Å². The molecular weight excluding hydrogens is 298 g/mol. The predicted octanol–water partition coefficient (Wildman–Crippen LogP) is 1.73. The minimum Gasteiger partial charge on any atom is -0.368 e. The maximum absolute atomic E-state index is 11.3. The number of para-hydroxylation sites is 1. The Balaban J connectivity index is 2.24. The number of sulfonamides is 1. The third kappa shape index (κ3) is 3.63. The highest BCUT2D eigenvalue weighted by Gasteiger charge is 2.25. The zero-order valence-corrected chi connectivity index (χ0v) is 12.7. The lowest BCUT2D eigenvalue weighted by Crippen LogP contribution is -2.47. The zero-order chi connectivity index (χ0) is 14.8. The normalized spacial score (nSPS) is 19.6. The second-order valence-electron chi connectivity index (χ2n) is 4.92. The van der Waals surface area contributed by atoms with Gasteiger partial charge in [0.1, 0.15) is 6.07 Å². The topological polar surface area (TPSA) is 73.2 Å². The van der Waals surface area contributed by atoms with Crippen LogP contribution < -0.4 is 9.62 Å². The van der Waals surface area contributed by atoms with Crippen molar-refractivity contribution in [1.29, 1.82) is 5.26 Å². The summed E-state index contributed by atoms with van der Waals surface area (Å²) >= 11 is 6.19. The summed E-state index contributed by atoms with van der Waals surface area (Å²) in [6, 6.07) is 7.18. The van der Waals surface area contributed by atoms with Crippen molar-refractivity contribution in [2.45, 2.75) is 18.9 Å². The Morgan fingerprint density at radius 1 is 1.50 bits per heavy atom. The molecule has 0 radical (unpaired) electrons. The maximum atomic E-state index is 11.3. The van der Waals surface area contributed by atoms with Crippen LogP contribution in [0.3, 0.4) is 0 Å². The van der Waals surface area contributed by atoms with Crippen LogP contribution >= 0.6 is 11.6 Å². The van der Waals surface area contributed by atoms with Crippen molar-refractivity contribution in [3.05, 3.63) is 28.8 Å². The van der Waals surface area contributed by atoms with Gasteiger partial charge in [-0.05, 0) is 25.0 Å². The van der Waals surface area contributed by atoms with E-state index in [0.29, 0.717) is 22.8 Å². The molecule has 0 aromatic heterocycles. The minimum atomic E-state index is -3.23. The molecule has 5 nitrogen and oxygen atoms in total. The van der Waals surface area contributed by atoms with Gasteiger partial charge in [0.2, 0.25) is 10.0 Å². The number of hydrogen-bond donors (Lipinski definition) is 1. The molecule has 1 fully saturated rings. The lowest BCUT2D eigenvalue weighted by Gasteiger charge is -2.35. The fraction of sp³-hybridized carbons (Fsp3) is 0.462. The first kappa shape index (κ1) is 15.1. The lowest BCUT2D eigenvalue weighted by atomic mass is 10.0. The van der Waals surface area contributed by atoms with Gasteiger partial charge in [-0.25, -0.2) is 13.1 Å². The summed E-state index contributed by atoms with van der Waals surface area (Å²) in [5.74, 6) is 0. The molecule has 1 N–H and O–H groups in total. The molecule has 0 amide bonds. The monoisotopic (exact) mass is 313 g/mol. The summed E-state index contributed by atoms with van der Waals surface area (Å²) in [4.78, 5) is 1.98. The van der Waals surface area contributed by atoms with E-state index in [1.807, 2.05) is 4.90 Å². The number of nitrogens with zero attached hydrogens (tertiary/aromatic N) is 2. The summed E-state index contributed by atoms with van der Waals surface area (Å²) in [5, 5.41) is 9.70. The summed E-state index contributed by atoms with van der Waals surface area (Å²) in [6.07, 6.45) is 2.79. The van der Waals surface area contributed by atoms with Crippen molar-refractivity contribution in [2.75, 3.05) is 24.2 Å². The van der Waals surface area contributed by atoms with E-state index >= 15 is 0 Å². The first-order chi connectivity index (χ1) is 9.40. The number of nitrogens with one attached hydrogen (secondary N) is 1. The number of anilines is 1. The minimum absolute atomic E-state index is 0.151. The summed E-state index contributed by atoms with van der Waals surface area (Å²) in [5.41, 5.74) is 1.20. The molecule has 0 spiro atoms. The van der Waals surface area contributed by atoms with Crippen molar-refractivity contribution in [3.63, 3.8) is 0 Å². The van der Waals surface area contributed by atoms with Gasteiger partial charge in [0, 0.05) is 19.1 Å². The molecule has 0 saturated carbocycles. The number of piperidine rings is 1. The Labute approximate surface area is 124 Å². The molecule has 1 aromatic carbocycles. The van der Waals surface area contributed by atoms with Gasteiger partial charge in [-0.15, -0.1) is 0 Å². The molecule has 0 bridgehead atoms. The number of nitriles is 1. The zero-order valence-electron chi connectivity index (χ0n) is 11.1. The molecule has 1 aliphatic heterocycles. The Kier molecular flexibility index (Phi) is 4.53. The van der Waals surface area contributed by atoms with Crippen LogP contribution in [0.15, 0.2) is 18.2 Å². The van der Waals surface area contributed by atoms with Crippen molar-refractivity contribution >= 4 is 27.3 Å². The van der Waals surface area contributed by atoms with Gasteiger partial charge in [-0.2, -0.15) is 5.26 Å². The van der Waals surface area contributed by atoms with E-state index in [-0.39, 0.29) is 6.04 Å². The highest BCUT2D eigenvalue weighted by atomic mass is 35.5.